The summed E-state index contributed by atoms with van der Waals surface area (Å²) >= 11 is 1.77. The molecule has 1 saturated heterocycles. The van der Waals surface area contributed by atoms with Gasteiger partial charge in [-0.15, -0.1) is 11.3 Å². The standard InChI is InChI=1S/C11H18N2OS/c1-8(11-6-12-9(2)15-11)13-10-4-3-5-14-7-10/h6,8,10,13H,3-5,7H2,1-2H3. The summed E-state index contributed by atoms with van der Waals surface area (Å²) in [4.78, 5) is 5.60. The molecule has 1 aromatic heterocycles. The van der Waals surface area contributed by atoms with Gasteiger partial charge in [0.1, 0.15) is 0 Å². The number of aryl methyl sites for hydroxylation is 1. The molecule has 1 aliphatic rings. The Balaban J connectivity index is 1.88. The molecule has 2 heterocycles. The van der Waals surface area contributed by atoms with Crippen LogP contribution in [0.4, 0.5) is 0 Å². The lowest BCUT2D eigenvalue weighted by Crippen LogP contribution is -2.38. The van der Waals surface area contributed by atoms with Crippen molar-refractivity contribution in [3.63, 3.8) is 0 Å². The Kier molecular flexibility index (Phi) is 3.72. The van der Waals surface area contributed by atoms with Crippen molar-refractivity contribution in [2.24, 2.45) is 0 Å². The first-order chi connectivity index (χ1) is 7.25. The third kappa shape index (κ3) is 3.00. The third-order valence-corrected chi connectivity index (χ3v) is 3.81. The van der Waals surface area contributed by atoms with Gasteiger partial charge >= 0.3 is 0 Å². The zero-order valence-corrected chi connectivity index (χ0v) is 10.1. The fraction of sp³-hybridized carbons (Fsp3) is 0.727. The van der Waals surface area contributed by atoms with E-state index in [0.717, 1.165) is 18.2 Å². The van der Waals surface area contributed by atoms with Crippen LogP contribution in [0.3, 0.4) is 0 Å². The monoisotopic (exact) mass is 226 g/mol. The molecule has 0 aromatic carbocycles. The lowest BCUT2D eigenvalue weighted by molar-refractivity contribution is 0.0672. The second-order valence-electron chi connectivity index (χ2n) is 4.08. The predicted molar refractivity (Wildman–Crippen MR) is 62.2 cm³/mol. The average molecular weight is 226 g/mol. The molecule has 2 atom stereocenters. The minimum Gasteiger partial charge on any atom is -0.380 e. The van der Waals surface area contributed by atoms with E-state index in [4.69, 9.17) is 4.74 Å². The average Bonchev–Trinajstić information content (AvgIpc) is 2.66. The highest BCUT2D eigenvalue weighted by Gasteiger charge is 2.17. The summed E-state index contributed by atoms with van der Waals surface area (Å²) in [6.45, 7) is 6.01. The predicted octanol–water partition coefficient (Wildman–Crippen LogP) is 2.28. The van der Waals surface area contributed by atoms with E-state index in [1.54, 1.807) is 11.3 Å². The van der Waals surface area contributed by atoms with Gasteiger partial charge in [0.15, 0.2) is 0 Å². The Bertz CT molecular complexity index is 307. The van der Waals surface area contributed by atoms with Gasteiger partial charge in [0.05, 0.1) is 11.6 Å². The smallest absolute Gasteiger partial charge is 0.0897 e. The molecule has 0 spiro atoms. The van der Waals surface area contributed by atoms with Gasteiger partial charge < -0.3 is 10.1 Å². The lowest BCUT2D eigenvalue weighted by Gasteiger charge is -2.26. The molecule has 4 heteroatoms. The Morgan fingerprint density at radius 2 is 2.53 bits per heavy atom. The summed E-state index contributed by atoms with van der Waals surface area (Å²) in [6, 6.07) is 0.902. The SMILES string of the molecule is Cc1ncc(C(C)NC2CCCOC2)s1. The van der Waals surface area contributed by atoms with Crippen LogP contribution >= 0.6 is 11.3 Å². The van der Waals surface area contributed by atoms with Crippen molar-refractivity contribution in [1.29, 1.82) is 0 Å². The lowest BCUT2D eigenvalue weighted by atomic mass is 10.1. The Labute approximate surface area is 94.9 Å². The molecule has 1 N–H and O–H groups in total. The molecule has 3 nitrogen and oxygen atoms in total. The van der Waals surface area contributed by atoms with Crippen LogP contribution in [0.25, 0.3) is 0 Å². The van der Waals surface area contributed by atoms with Gasteiger partial charge in [0.25, 0.3) is 0 Å². The van der Waals surface area contributed by atoms with Crippen LogP contribution in [-0.4, -0.2) is 24.2 Å². The van der Waals surface area contributed by atoms with Crippen LogP contribution in [-0.2, 0) is 4.74 Å². The fourth-order valence-electron chi connectivity index (χ4n) is 1.89. The van der Waals surface area contributed by atoms with E-state index in [2.05, 4.69) is 17.2 Å². The van der Waals surface area contributed by atoms with E-state index < -0.39 is 0 Å². The first-order valence-electron chi connectivity index (χ1n) is 5.52. The van der Waals surface area contributed by atoms with Crippen LogP contribution in [0.15, 0.2) is 6.20 Å². The largest absolute Gasteiger partial charge is 0.380 e. The molecule has 0 radical (unpaired) electrons. The molecule has 2 unspecified atom stereocenters. The van der Waals surface area contributed by atoms with Crippen molar-refractivity contribution in [3.8, 4) is 0 Å². The molecule has 84 valence electrons. The molecule has 1 fully saturated rings. The molecule has 0 aliphatic carbocycles. The highest BCUT2D eigenvalue weighted by atomic mass is 32.1. The second-order valence-corrected chi connectivity index (χ2v) is 5.35. The van der Waals surface area contributed by atoms with Crippen molar-refractivity contribution in [2.75, 3.05) is 13.2 Å². The fourth-order valence-corrected chi connectivity index (χ4v) is 2.68. The van der Waals surface area contributed by atoms with Gasteiger partial charge in [-0.3, -0.25) is 0 Å². The maximum absolute atomic E-state index is 5.45. The Morgan fingerprint density at radius 1 is 1.67 bits per heavy atom. The summed E-state index contributed by atoms with van der Waals surface area (Å²) in [6.07, 6.45) is 4.37. The van der Waals surface area contributed by atoms with Gasteiger partial charge in [-0.1, -0.05) is 0 Å². The summed E-state index contributed by atoms with van der Waals surface area (Å²) in [5.41, 5.74) is 0. The molecular weight excluding hydrogens is 208 g/mol. The zero-order chi connectivity index (χ0) is 10.7. The maximum Gasteiger partial charge on any atom is 0.0897 e. The van der Waals surface area contributed by atoms with Gasteiger partial charge in [-0.05, 0) is 26.7 Å². The van der Waals surface area contributed by atoms with Gasteiger partial charge in [-0.25, -0.2) is 4.98 Å². The van der Waals surface area contributed by atoms with E-state index in [9.17, 15) is 0 Å². The molecule has 1 aromatic rings. The van der Waals surface area contributed by atoms with E-state index in [1.165, 1.54) is 17.7 Å². The maximum atomic E-state index is 5.45. The van der Waals surface area contributed by atoms with Gasteiger partial charge in [0.2, 0.25) is 0 Å². The summed E-state index contributed by atoms with van der Waals surface area (Å²) in [7, 11) is 0. The third-order valence-electron chi connectivity index (χ3n) is 2.71. The normalized spacial score (nSPS) is 24.0. The molecular formula is C11H18N2OS. The van der Waals surface area contributed by atoms with E-state index in [1.807, 2.05) is 13.1 Å². The molecule has 0 saturated carbocycles. The van der Waals surface area contributed by atoms with Crippen LogP contribution in [0, 0.1) is 6.92 Å². The highest BCUT2D eigenvalue weighted by molar-refractivity contribution is 7.11. The zero-order valence-electron chi connectivity index (χ0n) is 9.32. The van der Waals surface area contributed by atoms with Gasteiger partial charge in [0, 0.05) is 29.8 Å². The number of aromatic nitrogens is 1. The van der Waals surface area contributed by atoms with Crippen molar-refractivity contribution < 1.29 is 4.74 Å². The highest BCUT2D eigenvalue weighted by Crippen LogP contribution is 2.21. The van der Waals surface area contributed by atoms with Crippen LogP contribution in [0.5, 0.6) is 0 Å². The summed E-state index contributed by atoms with van der Waals surface area (Å²) in [5, 5.41) is 4.73. The molecule has 15 heavy (non-hydrogen) atoms. The number of nitrogens with zero attached hydrogens (tertiary/aromatic N) is 1. The Hall–Kier alpha value is -0.450. The molecule has 0 amide bonds. The number of nitrogens with one attached hydrogen (secondary N) is 1. The first kappa shape index (κ1) is 11.0. The van der Waals surface area contributed by atoms with Crippen LogP contribution < -0.4 is 5.32 Å². The van der Waals surface area contributed by atoms with Crippen molar-refractivity contribution in [1.82, 2.24) is 10.3 Å². The topological polar surface area (TPSA) is 34.2 Å². The van der Waals surface area contributed by atoms with Crippen molar-refractivity contribution >= 4 is 11.3 Å². The second kappa shape index (κ2) is 5.05. The molecule has 1 aliphatic heterocycles. The summed E-state index contributed by atoms with van der Waals surface area (Å²) in [5.74, 6) is 0. The molecule has 2 rings (SSSR count). The number of rotatable bonds is 3. The minimum absolute atomic E-state index is 0.392. The van der Waals surface area contributed by atoms with E-state index >= 15 is 0 Å². The summed E-state index contributed by atoms with van der Waals surface area (Å²) < 4.78 is 5.45. The van der Waals surface area contributed by atoms with Gasteiger partial charge in [-0.2, -0.15) is 0 Å². The van der Waals surface area contributed by atoms with E-state index in [-0.39, 0.29) is 0 Å². The van der Waals surface area contributed by atoms with Crippen LogP contribution in [0.1, 0.15) is 35.7 Å². The first-order valence-corrected chi connectivity index (χ1v) is 6.33. The minimum atomic E-state index is 0.392. The van der Waals surface area contributed by atoms with Crippen LogP contribution in [0.2, 0.25) is 0 Å². The number of hydrogen-bond acceptors (Lipinski definition) is 4. The van der Waals surface area contributed by atoms with Crippen molar-refractivity contribution in [2.45, 2.75) is 38.8 Å². The van der Waals surface area contributed by atoms with E-state index in [0.29, 0.717) is 12.1 Å². The molecule has 0 bridgehead atoms. The number of ether oxygens (including phenoxy) is 1. The quantitative estimate of drug-likeness (QED) is 0.858. The number of thiazole rings is 1. The van der Waals surface area contributed by atoms with Crippen molar-refractivity contribution in [3.05, 3.63) is 16.1 Å². The Morgan fingerprint density at radius 3 is 3.13 bits per heavy atom. The number of hydrogen-bond donors (Lipinski definition) is 1.